The number of carboxylic acids is 1. The van der Waals surface area contributed by atoms with Gasteiger partial charge in [0.25, 0.3) is 0 Å². The number of fused-ring (bicyclic) bond motifs is 1. The molecule has 17 heavy (non-hydrogen) atoms. The van der Waals surface area contributed by atoms with Crippen molar-refractivity contribution in [2.24, 2.45) is 11.8 Å². The third-order valence-electron chi connectivity index (χ3n) is 3.34. The van der Waals surface area contributed by atoms with Gasteiger partial charge in [-0.2, -0.15) is 0 Å². The molecule has 0 fully saturated rings. The summed E-state index contributed by atoms with van der Waals surface area (Å²) in [4.78, 5) is 18.2. The number of H-pyrrole nitrogens is 1. The fraction of sp³-hybridized carbons (Fsp3) is 0.667. The minimum Gasteiger partial charge on any atom is -0.481 e. The summed E-state index contributed by atoms with van der Waals surface area (Å²) in [6.45, 7) is 4.51. The Bertz CT molecular complexity index is 415. The molecule has 0 saturated carbocycles. The molecule has 1 atom stereocenters. The minimum atomic E-state index is -0.801. The molecule has 4 nitrogen and oxygen atoms in total. The van der Waals surface area contributed by atoms with Crippen molar-refractivity contribution < 1.29 is 9.90 Å². The summed E-state index contributed by atoms with van der Waals surface area (Å²) in [5.41, 5.74) is 2.35. The van der Waals surface area contributed by atoms with Crippen molar-refractivity contribution in [3.63, 3.8) is 0 Å². The number of hydrogen-bond donors (Lipinski definition) is 2. The molecule has 2 rings (SSSR count). The number of hydrogen-bond acceptors (Lipinski definition) is 3. The van der Waals surface area contributed by atoms with Crippen molar-refractivity contribution in [3.8, 4) is 0 Å². The van der Waals surface area contributed by atoms with Gasteiger partial charge >= 0.3 is 5.97 Å². The molecule has 0 spiro atoms. The van der Waals surface area contributed by atoms with Crippen LogP contribution in [0.2, 0.25) is 0 Å². The van der Waals surface area contributed by atoms with E-state index in [2.05, 4.69) is 23.8 Å². The summed E-state index contributed by atoms with van der Waals surface area (Å²) < 4.78 is 0. The molecule has 1 unspecified atom stereocenters. The Kier molecular flexibility index (Phi) is 3.76. The zero-order valence-corrected chi connectivity index (χ0v) is 11.0. The van der Waals surface area contributed by atoms with Gasteiger partial charge in [0.15, 0.2) is 5.16 Å². The van der Waals surface area contributed by atoms with Crippen molar-refractivity contribution >= 4 is 17.7 Å². The van der Waals surface area contributed by atoms with E-state index in [1.165, 1.54) is 23.9 Å². The van der Waals surface area contributed by atoms with Gasteiger partial charge in [-0.25, -0.2) is 4.98 Å². The van der Waals surface area contributed by atoms with Crippen LogP contribution in [0.3, 0.4) is 0 Å². The van der Waals surface area contributed by atoms with Crippen LogP contribution in [0, 0.1) is 11.8 Å². The van der Waals surface area contributed by atoms with E-state index in [1.807, 2.05) is 0 Å². The summed E-state index contributed by atoms with van der Waals surface area (Å²) in [5.74, 6) is 0.686. The van der Waals surface area contributed by atoms with Crippen LogP contribution in [-0.2, 0) is 17.6 Å². The molecule has 1 aromatic heterocycles. The third-order valence-corrected chi connectivity index (χ3v) is 4.19. The SMILES string of the molecule is CC(C)C1CCc2nc(SCC(=O)O)[nH]c2C1. The number of carbonyl (C=O) groups is 1. The summed E-state index contributed by atoms with van der Waals surface area (Å²) in [5, 5.41) is 9.38. The molecule has 2 N–H and O–H groups in total. The van der Waals surface area contributed by atoms with Gasteiger partial charge in [-0.05, 0) is 31.1 Å². The van der Waals surface area contributed by atoms with Gasteiger partial charge in [0.05, 0.1) is 11.4 Å². The lowest BCUT2D eigenvalue weighted by atomic mass is 9.82. The molecule has 94 valence electrons. The predicted octanol–water partition coefficient (Wildman–Crippen LogP) is 2.35. The molecule has 1 aliphatic carbocycles. The lowest BCUT2D eigenvalue weighted by molar-refractivity contribution is -0.133. The number of nitrogens with zero attached hydrogens (tertiary/aromatic N) is 1. The van der Waals surface area contributed by atoms with Crippen LogP contribution >= 0.6 is 11.8 Å². The van der Waals surface area contributed by atoms with Crippen molar-refractivity contribution in [2.45, 2.75) is 38.3 Å². The number of aromatic nitrogens is 2. The minimum absolute atomic E-state index is 0.0694. The van der Waals surface area contributed by atoms with Crippen LogP contribution in [0.5, 0.6) is 0 Å². The lowest BCUT2D eigenvalue weighted by Gasteiger charge is -2.24. The van der Waals surface area contributed by atoms with Crippen LogP contribution in [0.15, 0.2) is 5.16 Å². The second kappa shape index (κ2) is 5.12. The lowest BCUT2D eigenvalue weighted by Crippen LogP contribution is -2.18. The van der Waals surface area contributed by atoms with E-state index >= 15 is 0 Å². The third kappa shape index (κ3) is 3.03. The molecule has 1 heterocycles. The molecule has 0 bridgehead atoms. The van der Waals surface area contributed by atoms with Crippen molar-refractivity contribution in [3.05, 3.63) is 11.4 Å². The van der Waals surface area contributed by atoms with Gasteiger partial charge in [0.1, 0.15) is 0 Å². The Morgan fingerprint density at radius 3 is 3.06 bits per heavy atom. The monoisotopic (exact) mass is 254 g/mol. The first-order valence-corrected chi connectivity index (χ1v) is 6.97. The highest BCUT2D eigenvalue weighted by molar-refractivity contribution is 7.99. The smallest absolute Gasteiger partial charge is 0.313 e. The number of thioether (sulfide) groups is 1. The van der Waals surface area contributed by atoms with E-state index in [0.717, 1.165) is 29.6 Å². The summed E-state index contributed by atoms with van der Waals surface area (Å²) in [6, 6.07) is 0. The predicted molar refractivity (Wildman–Crippen MR) is 67.3 cm³/mol. The molecule has 0 aliphatic heterocycles. The van der Waals surface area contributed by atoms with E-state index in [1.54, 1.807) is 0 Å². The van der Waals surface area contributed by atoms with E-state index in [9.17, 15) is 4.79 Å². The first kappa shape index (κ1) is 12.5. The zero-order chi connectivity index (χ0) is 12.4. The highest BCUT2D eigenvalue weighted by Crippen LogP contribution is 2.30. The maximum Gasteiger partial charge on any atom is 0.313 e. The van der Waals surface area contributed by atoms with E-state index in [0.29, 0.717) is 5.92 Å². The van der Waals surface area contributed by atoms with Crippen LogP contribution < -0.4 is 0 Å². The normalized spacial score (nSPS) is 19.4. The average molecular weight is 254 g/mol. The Morgan fingerprint density at radius 1 is 1.65 bits per heavy atom. The van der Waals surface area contributed by atoms with Gasteiger partial charge in [-0.3, -0.25) is 4.79 Å². The van der Waals surface area contributed by atoms with E-state index < -0.39 is 5.97 Å². The molecule has 0 amide bonds. The molecule has 0 aromatic carbocycles. The van der Waals surface area contributed by atoms with E-state index in [4.69, 9.17) is 5.11 Å². The maximum atomic E-state index is 10.5. The first-order chi connectivity index (χ1) is 8.06. The number of carboxylic acid groups (broad SMARTS) is 1. The van der Waals surface area contributed by atoms with Crippen LogP contribution in [0.25, 0.3) is 0 Å². The highest BCUT2D eigenvalue weighted by atomic mass is 32.2. The average Bonchev–Trinajstić information content (AvgIpc) is 2.67. The molecule has 0 radical (unpaired) electrons. The molecular weight excluding hydrogens is 236 g/mol. The first-order valence-electron chi connectivity index (χ1n) is 5.98. The number of aromatic amines is 1. The second-order valence-corrected chi connectivity index (χ2v) is 5.86. The van der Waals surface area contributed by atoms with Gasteiger partial charge < -0.3 is 10.1 Å². The Hall–Kier alpha value is -0.970. The summed E-state index contributed by atoms with van der Waals surface area (Å²) >= 11 is 1.27. The molecule has 1 aromatic rings. The van der Waals surface area contributed by atoms with Crippen molar-refractivity contribution in [2.75, 3.05) is 5.75 Å². The quantitative estimate of drug-likeness (QED) is 0.809. The maximum absolute atomic E-state index is 10.5. The molecular formula is C12H18N2O2S. The topological polar surface area (TPSA) is 66.0 Å². The second-order valence-electron chi connectivity index (χ2n) is 4.90. The van der Waals surface area contributed by atoms with Crippen molar-refractivity contribution in [1.82, 2.24) is 9.97 Å². The van der Waals surface area contributed by atoms with E-state index in [-0.39, 0.29) is 5.75 Å². The fourth-order valence-electron chi connectivity index (χ4n) is 2.25. The van der Waals surface area contributed by atoms with Crippen LogP contribution in [0.1, 0.15) is 31.7 Å². The van der Waals surface area contributed by atoms with Gasteiger partial charge in [0.2, 0.25) is 0 Å². The number of imidazole rings is 1. The number of nitrogens with one attached hydrogen (secondary N) is 1. The van der Waals surface area contributed by atoms with Crippen LogP contribution in [-0.4, -0.2) is 26.8 Å². The highest BCUT2D eigenvalue weighted by Gasteiger charge is 2.24. The molecule has 0 saturated heterocycles. The molecule has 1 aliphatic rings. The van der Waals surface area contributed by atoms with Gasteiger partial charge in [0, 0.05) is 5.69 Å². The summed E-state index contributed by atoms with van der Waals surface area (Å²) in [6.07, 6.45) is 3.26. The van der Waals surface area contributed by atoms with Gasteiger partial charge in [-0.1, -0.05) is 25.6 Å². The Balaban J connectivity index is 2.04. The number of rotatable bonds is 4. The van der Waals surface area contributed by atoms with Gasteiger partial charge in [-0.15, -0.1) is 0 Å². The Morgan fingerprint density at radius 2 is 2.41 bits per heavy atom. The standard InChI is InChI=1S/C12H18N2O2S/c1-7(2)8-3-4-9-10(5-8)14-12(13-9)17-6-11(15)16/h7-8H,3-6H2,1-2H3,(H,13,14)(H,15,16). The number of aliphatic carboxylic acids is 1. The summed E-state index contributed by atoms with van der Waals surface area (Å²) in [7, 11) is 0. The van der Waals surface area contributed by atoms with Crippen LogP contribution in [0.4, 0.5) is 0 Å². The fourth-order valence-corrected chi connectivity index (χ4v) is 2.88. The number of aryl methyl sites for hydroxylation is 1. The largest absolute Gasteiger partial charge is 0.481 e. The van der Waals surface area contributed by atoms with Crippen molar-refractivity contribution in [1.29, 1.82) is 0 Å². The molecule has 5 heteroatoms. The zero-order valence-electron chi connectivity index (χ0n) is 10.2. The Labute approximate surface area is 105 Å².